The van der Waals surface area contributed by atoms with Gasteiger partial charge >= 0.3 is 0 Å². The van der Waals surface area contributed by atoms with Crippen LogP contribution in [0.25, 0.3) is 21.5 Å². The molecule has 2 heterocycles. The summed E-state index contributed by atoms with van der Waals surface area (Å²) in [6, 6.07) is 33.5. The number of likely N-dealkylation sites (N-methyl/N-ethyl adjacent to an activating group) is 2. The zero-order chi connectivity index (χ0) is 53.3. The Morgan fingerprint density at radius 1 is 0.703 bits per heavy atom. The molecule has 5 aromatic rings. The number of nitrogens with zero attached hydrogens (tertiary/aromatic N) is 2. The Bertz CT molecular complexity index is 3000. The molecule has 6 nitrogen and oxygen atoms in total. The second-order valence-electron chi connectivity index (χ2n) is 23.3. The van der Waals surface area contributed by atoms with Crippen molar-refractivity contribution in [3.63, 3.8) is 0 Å². The first-order valence-electron chi connectivity index (χ1n) is 27.8. The van der Waals surface area contributed by atoms with Crippen LogP contribution >= 0.6 is 0 Å². The van der Waals surface area contributed by atoms with Crippen LogP contribution < -0.4 is 8.97 Å². The van der Waals surface area contributed by atoms with E-state index >= 15 is 0 Å². The summed E-state index contributed by atoms with van der Waals surface area (Å²) < 4.78 is 38.3. The molecule has 0 spiro atoms. The number of quaternary nitrogens is 2. The lowest BCUT2D eigenvalue weighted by molar-refractivity contribution is 0.176. The first-order valence-corrected chi connectivity index (χ1v) is 29.2. The molecule has 3 aliphatic rings. The molecule has 0 radical (unpaired) electrons. The first-order chi connectivity index (χ1) is 35.3. The Morgan fingerprint density at radius 3 is 1.85 bits per heavy atom. The van der Waals surface area contributed by atoms with Crippen LogP contribution in [0.15, 0.2) is 174 Å². The molecule has 0 saturated heterocycles. The lowest BCUT2D eigenvalue weighted by atomic mass is 9.69. The number of allylic oxidation sites excluding steroid dienone is 8. The monoisotopic (exact) mass is 1020 g/mol. The van der Waals surface area contributed by atoms with Gasteiger partial charge in [0, 0.05) is 23.3 Å². The van der Waals surface area contributed by atoms with Gasteiger partial charge in [0.15, 0.2) is 0 Å². The number of ether oxygens (including phenoxy) is 1. The van der Waals surface area contributed by atoms with Crippen molar-refractivity contribution in [3.8, 4) is 0 Å². The summed E-state index contributed by atoms with van der Waals surface area (Å²) in [6.45, 7) is 20.7. The van der Waals surface area contributed by atoms with Gasteiger partial charge in [0.1, 0.15) is 28.9 Å². The van der Waals surface area contributed by atoms with Gasteiger partial charge < -0.3 is 4.74 Å². The SMILES string of the molecule is C=CCC1C(=CC=C2C(OCCCCCCCCCCCC)=C(C=CC3C(CC=C)c4c(ccc5ccccc45)[N+]3(C)C)CCC2C(C)(C)C)[N+](C)(C)c2ccc3ccccc3c21.Cc1ccc(S(=O)(=O)O)cc1. The van der Waals surface area contributed by atoms with E-state index in [1.54, 1.807) is 12.1 Å². The van der Waals surface area contributed by atoms with Crippen LogP contribution in [0.2, 0.25) is 0 Å². The molecule has 394 valence electrons. The van der Waals surface area contributed by atoms with Crippen molar-refractivity contribution in [2.75, 3.05) is 34.8 Å². The third-order valence-corrected chi connectivity index (χ3v) is 17.4. The molecule has 1 aliphatic carbocycles. The molecular weight excluding hydrogens is 929 g/mol. The summed E-state index contributed by atoms with van der Waals surface area (Å²) >= 11 is 0. The van der Waals surface area contributed by atoms with E-state index in [1.165, 1.54) is 131 Å². The highest BCUT2D eigenvalue weighted by Crippen LogP contribution is 2.53. The second-order valence-corrected chi connectivity index (χ2v) is 24.8. The van der Waals surface area contributed by atoms with Crippen LogP contribution in [0, 0.1) is 18.3 Å². The Morgan fingerprint density at radius 2 is 1.27 bits per heavy atom. The molecule has 2 aliphatic heterocycles. The molecule has 0 fully saturated rings. The van der Waals surface area contributed by atoms with E-state index in [1.807, 2.05) is 6.92 Å². The van der Waals surface area contributed by atoms with Gasteiger partial charge in [0.05, 0.1) is 51.5 Å². The molecule has 0 aromatic heterocycles. The topological polar surface area (TPSA) is 63.6 Å². The van der Waals surface area contributed by atoms with Gasteiger partial charge in [-0.25, -0.2) is 0 Å². The van der Waals surface area contributed by atoms with E-state index < -0.39 is 10.1 Å². The molecule has 4 atom stereocenters. The zero-order valence-electron chi connectivity index (χ0n) is 46.5. The molecular formula is C67H88N2O4S+2. The van der Waals surface area contributed by atoms with E-state index in [-0.39, 0.29) is 22.3 Å². The molecule has 0 bridgehead atoms. The maximum absolute atomic E-state index is 10.5. The van der Waals surface area contributed by atoms with Crippen LogP contribution in [-0.4, -0.2) is 53.8 Å². The van der Waals surface area contributed by atoms with Gasteiger partial charge in [0.25, 0.3) is 10.1 Å². The fourth-order valence-electron chi connectivity index (χ4n) is 12.5. The lowest BCUT2D eigenvalue weighted by Gasteiger charge is -2.38. The highest BCUT2D eigenvalue weighted by Gasteiger charge is 2.47. The van der Waals surface area contributed by atoms with E-state index in [9.17, 15) is 8.42 Å². The van der Waals surface area contributed by atoms with Crippen molar-refractivity contribution in [1.82, 2.24) is 8.97 Å². The zero-order valence-corrected chi connectivity index (χ0v) is 47.3. The van der Waals surface area contributed by atoms with E-state index in [4.69, 9.17) is 9.29 Å². The third-order valence-electron chi connectivity index (χ3n) is 16.5. The Kier molecular flexibility index (Phi) is 18.7. The van der Waals surface area contributed by atoms with Crippen molar-refractivity contribution in [3.05, 3.63) is 186 Å². The minimum atomic E-state index is -4.02. The number of aryl methyl sites for hydroxylation is 1. The van der Waals surface area contributed by atoms with Crippen LogP contribution in [0.1, 0.15) is 146 Å². The fourth-order valence-corrected chi connectivity index (χ4v) is 12.9. The average Bonchev–Trinajstić information content (AvgIpc) is 3.72. The summed E-state index contributed by atoms with van der Waals surface area (Å²) in [5.74, 6) is 2.10. The molecule has 0 saturated carbocycles. The Balaban J connectivity index is 0.000000645. The van der Waals surface area contributed by atoms with Crippen molar-refractivity contribution < 1.29 is 17.7 Å². The molecule has 1 N–H and O–H groups in total. The van der Waals surface area contributed by atoms with E-state index in [0.29, 0.717) is 11.8 Å². The Labute approximate surface area is 446 Å². The van der Waals surface area contributed by atoms with E-state index in [0.717, 1.165) is 59.0 Å². The van der Waals surface area contributed by atoms with Crippen LogP contribution in [0.5, 0.6) is 0 Å². The van der Waals surface area contributed by atoms with Crippen molar-refractivity contribution in [1.29, 1.82) is 0 Å². The molecule has 0 amide bonds. The maximum Gasteiger partial charge on any atom is 0.294 e. The van der Waals surface area contributed by atoms with E-state index in [2.05, 4.69) is 178 Å². The van der Waals surface area contributed by atoms with Crippen LogP contribution in [0.3, 0.4) is 0 Å². The maximum atomic E-state index is 10.5. The number of benzene rings is 5. The lowest BCUT2D eigenvalue weighted by Crippen LogP contribution is -2.47. The largest absolute Gasteiger partial charge is 0.493 e. The average molecular weight is 1020 g/mol. The summed E-state index contributed by atoms with van der Waals surface area (Å²) in [7, 11) is 5.53. The normalized spacial score (nSPS) is 21.3. The smallest absolute Gasteiger partial charge is 0.294 e. The van der Waals surface area contributed by atoms with Crippen LogP contribution in [0.4, 0.5) is 11.4 Å². The molecule has 4 unspecified atom stereocenters. The summed E-state index contributed by atoms with van der Waals surface area (Å²) in [6.07, 6.45) is 31.4. The minimum absolute atomic E-state index is 0.0666. The van der Waals surface area contributed by atoms with Crippen molar-refractivity contribution in [2.24, 2.45) is 11.3 Å². The van der Waals surface area contributed by atoms with Gasteiger partial charge in [-0.1, -0.05) is 170 Å². The summed E-state index contributed by atoms with van der Waals surface area (Å²) in [5.41, 5.74) is 10.9. The predicted molar refractivity (Wildman–Crippen MR) is 317 cm³/mol. The fraction of sp³-hybridized carbons (Fsp3) is 0.433. The minimum Gasteiger partial charge on any atom is -0.493 e. The van der Waals surface area contributed by atoms with Gasteiger partial charge in [-0.2, -0.15) is 8.42 Å². The molecule has 74 heavy (non-hydrogen) atoms. The van der Waals surface area contributed by atoms with Gasteiger partial charge in [-0.05, 0) is 126 Å². The number of rotatable bonds is 20. The molecule has 8 rings (SSSR count). The number of unbranched alkanes of at least 4 members (excludes halogenated alkanes) is 9. The van der Waals surface area contributed by atoms with Crippen LogP contribution in [-0.2, 0) is 14.9 Å². The van der Waals surface area contributed by atoms with Gasteiger partial charge in [-0.3, -0.25) is 13.5 Å². The third kappa shape index (κ3) is 12.7. The van der Waals surface area contributed by atoms with Crippen molar-refractivity contribution in [2.45, 2.75) is 147 Å². The standard InChI is InChI=1S/C60H80N2O.C7H8O3S/c1-11-14-15-16-17-18-19-20-21-26-43-63-59-46(36-39-53-50(27-12-2)57-47-31-24-22-29-44(47)34-40-55(57)61(53,7)8)33-38-52(60(4,5)6)49(59)37-42-54-51(28-13-3)58-48-32-25-23-30-45(48)35-41-56(58)62(54,9)10;1-6-2-4-7(5-3-6)11(8,9)10/h12-13,22-25,29-32,34-37,39-42,50-53H,2-3,11,14-21,26-28,33,38,43H2,1,4-10H3;2-5H,1H3,(H,8,9,10)/q+2;. The molecule has 5 aromatic carbocycles. The predicted octanol–water partition coefficient (Wildman–Crippen LogP) is 17.8. The Hall–Kier alpha value is -5.31. The number of hydrogen-bond donors (Lipinski definition) is 1. The highest BCUT2D eigenvalue weighted by atomic mass is 32.2. The first kappa shape index (κ1) is 56.4. The number of hydrogen-bond acceptors (Lipinski definition) is 3. The molecule has 7 heteroatoms. The van der Waals surface area contributed by atoms with Gasteiger partial charge in [-0.15, -0.1) is 13.2 Å². The second kappa shape index (κ2) is 24.6. The number of fused-ring (bicyclic) bond motifs is 6. The summed E-state index contributed by atoms with van der Waals surface area (Å²) in [5, 5.41) is 5.37. The quantitative estimate of drug-likeness (QED) is 0.0365. The summed E-state index contributed by atoms with van der Waals surface area (Å²) in [4.78, 5) is -0.0666. The van der Waals surface area contributed by atoms with Crippen molar-refractivity contribution >= 4 is 43.0 Å². The van der Waals surface area contributed by atoms with Gasteiger partial charge in [0.2, 0.25) is 0 Å². The highest BCUT2D eigenvalue weighted by molar-refractivity contribution is 7.85.